The average molecular weight is 421 g/mol. The number of rotatable bonds is 6. The Morgan fingerprint density at radius 3 is 2.41 bits per heavy atom. The second-order valence-corrected chi connectivity index (χ2v) is 8.79. The van der Waals surface area contributed by atoms with Crippen LogP contribution < -0.4 is 5.32 Å². The van der Waals surface area contributed by atoms with Crippen molar-refractivity contribution in [3.63, 3.8) is 0 Å². The molecule has 0 unspecified atom stereocenters. The highest BCUT2D eigenvalue weighted by atomic mass is 35.5. The number of hydrogen-bond donors (Lipinski definition) is 2. The number of carbonyl (C=O) groups is 3. The molecular weight excluding hydrogens is 392 g/mol. The summed E-state index contributed by atoms with van der Waals surface area (Å²) in [7, 11) is 0. The summed E-state index contributed by atoms with van der Waals surface area (Å²) >= 11 is 5.95. The van der Waals surface area contributed by atoms with Crippen LogP contribution in [-0.4, -0.2) is 46.9 Å². The Labute approximate surface area is 176 Å². The minimum absolute atomic E-state index is 0.0715. The molecule has 1 spiro atoms. The summed E-state index contributed by atoms with van der Waals surface area (Å²) in [4.78, 5) is 38.5. The van der Waals surface area contributed by atoms with Gasteiger partial charge in [0.05, 0.1) is 0 Å². The Balaban J connectivity index is 1.65. The number of piperidine rings is 1. The topological polar surface area (TPSA) is 86.7 Å². The molecule has 0 aromatic heterocycles. The molecular formula is C22H29ClN2O4. The van der Waals surface area contributed by atoms with Gasteiger partial charge in [-0.05, 0) is 55.7 Å². The fourth-order valence-corrected chi connectivity index (χ4v) is 4.81. The molecule has 2 N–H and O–H groups in total. The van der Waals surface area contributed by atoms with Crippen molar-refractivity contribution >= 4 is 29.4 Å². The first-order valence-electron chi connectivity index (χ1n) is 10.5. The van der Waals surface area contributed by atoms with Gasteiger partial charge in [0, 0.05) is 30.1 Å². The van der Waals surface area contributed by atoms with Gasteiger partial charge in [0.2, 0.25) is 5.91 Å². The molecule has 1 aromatic rings. The normalized spacial score (nSPS) is 19.6. The lowest BCUT2D eigenvalue weighted by Crippen LogP contribution is -2.52. The zero-order valence-electron chi connectivity index (χ0n) is 16.7. The molecule has 158 valence electrons. The summed E-state index contributed by atoms with van der Waals surface area (Å²) in [5.74, 6) is -1.59. The van der Waals surface area contributed by atoms with Crippen molar-refractivity contribution in [1.82, 2.24) is 10.2 Å². The first-order chi connectivity index (χ1) is 13.9. The zero-order valence-corrected chi connectivity index (χ0v) is 17.4. The lowest BCUT2D eigenvalue weighted by Gasteiger charge is -2.45. The van der Waals surface area contributed by atoms with Gasteiger partial charge in [-0.1, -0.05) is 36.9 Å². The van der Waals surface area contributed by atoms with E-state index >= 15 is 0 Å². The predicted molar refractivity (Wildman–Crippen MR) is 111 cm³/mol. The summed E-state index contributed by atoms with van der Waals surface area (Å²) in [5.41, 5.74) is 0.723. The molecule has 3 rings (SSSR count). The third kappa shape index (κ3) is 5.72. The summed E-state index contributed by atoms with van der Waals surface area (Å²) in [5, 5.41) is 12.2. The maximum absolute atomic E-state index is 13.1. The Morgan fingerprint density at radius 2 is 1.79 bits per heavy atom. The summed E-state index contributed by atoms with van der Waals surface area (Å²) in [6.07, 6.45) is 8.20. The van der Waals surface area contributed by atoms with Gasteiger partial charge in [0.25, 0.3) is 5.91 Å². The lowest BCUT2D eigenvalue weighted by molar-refractivity contribution is -0.138. The van der Waals surface area contributed by atoms with E-state index in [1.54, 1.807) is 23.1 Å². The van der Waals surface area contributed by atoms with Crippen LogP contribution in [0.25, 0.3) is 0 Å². The fourth-order valence-electron chi connectivity index (χ4n) is 4.62. The van der Waals surface area contributed by atoms with Crippen LogP contribution >= 0.6 is 11.6 Å². The van der Waals surface area contributed by atoms with Gasteiger partial charge in [-0.3, -0.25) is 14.4 Å². The number of hydrogen-bond acceptors (Lipinski definition) is 3. The van der Waals surface area contributed by atoms with E-state index in [0.29, 0.717) is 29.1 Å². The molecule has 7 heteroatoms. The largest absolute Gasteiger partial charge is 0.481 e. The van der Waals surface area contributed by atoms with Gasteiger partial charge in [-0.15, -0.1) is 0 Å². The van der Waals surface area contributed by atoms with Gasteiger partial charge >= 0.3 is 5.97 Å². The van der Waals surface area contributed by atoms with Crippen LogP contribution in [0.4, 0.5) is 0 Å². The first kappa shape index (κ1) is 21.6. The standard InChI is InChI=1S/C22H29ClN2O4/c23-17-6-4-5-16(15-17)20(28)24-18(7-8-19(26)27)21(29)25-13-11-22(12-14-25)9-2-1-3-10-22/h4-6,15,18H,1-3,7-14H2,(H,24,28)(H,26,27)/t18-/m1/s1. The molecule has 2 aliphatic rings. The third-order valence-corrected chi connectivity index (χ3v) is 6.62. The summed E-state index contributed by atoms with van der Waals surface area (Å²) in [6.45, 7) is 1.35. The molecule has 1 saturated carbocycles. The van der Waals surface area contributed by atoms with E-state index in [-0.39, 0.29) is 18.7 Å². The van der Waals surface area contributed by atoms with Crippen LogP contribution in [0, 0.1) is 5.41 Å². The minimum Gasteiger partial charge on any atom is -0.481 e. The smallest absolute Gasteiger partial charge is 0.303 e. The monoisotopic (exact) mass is 420 g/mol. The number of nitrogens with one attached hydrogen (secondary N) is 1. The Hall–Kier alpha value is -2.08. The van der Waals surface area contributed by atoms with Crippen LogP contribution in [-0.2, 0) is 9.59 Å². The minimum atomic E-state index is -0.986. The summed E-state index contributed by atoms with van der Waals surface area (Å²) < 4.78 is 0. The van der Waals surface area contributed by atoms with Crippen LogP contribution in [0.3, 0.4) is 0 Å². The Bertz CT molecular complexity index is 751. The van der Waals surface area contributed by atoms with E-state index in [1.165, 1.54) is 38.2 Å². The van der Waals surface area contributed by atoms with Crippen molar-refractivity contribution in [3.8, 4) is 0 Å². The number of nitrogens with zero attached hydrogens (tertiary/aromatic N) is 1. The van der Waals surface area contributed by atoms with Gasteiger partial charge < -0.3 is 15.3 Å². The van der Waals surface area contributed by atoms with Crippen molar-refractivity contribution in [2.75, 3.05) is 13.1 Å². The van der Waals surface area contributed by atoms with Gasteiger partial charge in [-0.25, -0.2) is 0 Å². The van der Waals surface area contributed by atoms with Crippen molar-refractivity contribution in [2.24, 2.45) is 5.41 Å². The number of carbonyl (C=O) groups excluding carboxylic acids is 2. The predicted octanol–water partition coefficient (Wildman–Crippen LogP) is 3.88. The average Bonchev–Trinajstić information content (AvgIpc) is 2.71. The van der Waals surface area contributed by atoms with Crippen molar-refractivity contribution in [3.05, 3.63) is 34.9 Å². The highest BCUT2D eigenvalue weighted by Gasteiger charge is 2.38. The molecule has 1 saturated heterocycles. The molecule has 0 bridgehead atoms. The maximum Gasteiger partial charge on any atom is 0.303 e. The molecule has 29 heavy (non-hydrogen) atoms. The van der Waals surface area contributed by atoms with Gasteiger partial charge in [-0.2, -0.15) is 0 Å². The SMILES string of the molecule is O=C(O)CC[C@@H](NC(=O)c1cccc(Cl)c1)C(=O)N1CCC2(CCCCC2)CC1. The number of halogens is 1. The number of carboxylic acid groups (broad SMARTS) is 1. The second-order valence-electron chi connectivity index (χ2n) is 8.35. The van der Waals surface area contributed by atoms with E-state index in [0.717, 1.165) is 12.8 Å². The number of carboxylic acids is 1. The molecule has 2 fully saturated rings. The molecule has 1 heterocycles. The highest BCUT2D eigenvalue weighted by molar-refractivity contribution is 6.31. The number of benzene rings is 1. The number of likely N-dealkylation sites (tertiary alicyclic amines) is 1. The van der Waals surface area contributed by atoms with E-state index in [9.17, 15) is 14.4 Å². The second kappa shape index (κ2) is 9.61. The third-order valence-electron chi connectivity index (χ3n) is 6.39. The number of aliphatic carboxylic acids is 1. The van der Waals surface area contributed by atoms with Gasteiger partial charge in [0.1, 0.15) is 6.04 Å². The van der Waals surface area contributed by atoms with Crippen molar-refractivity contribution in [1.29, 1.82) is 0 Å². The molecule has 1 atom stereocenters. The lowest BCUT2D eigenvalue weighted by atomic mass is 9.68. The quantitative estimate of drug-likeness (QED) is 0.731. The van der Waals surface area contributed by atoms with E-state index in [1.807, 2.05) is 0 Å². The van der Waals surface area contributed by atoms with Crippen LogP contribution in [0.2, 0.25) is 5.02 Å². The van der Waals surface area contributed by atoms with Crippen molar-refractivity contribution in [2.45, 2.75) is 63.8 Å². The van der Waals surface area contributed by atoms with E-state index in [4.69, 9.17) is 16.7 Å². The molecule has 1 aromatic carbocycles. The fraction of sp³-hybridized carbons (Fsp3) is 0.591. The number of amides is 2. The van der Waals surface area contributed by atoms with Crippen LogP contribution in [0.15, 0.2) is 24.3 Å². The molecule has 0 radical (unpaired) electrons. The summed E-state index contributed by atoms with van der Waals surface area (Å²) in [6, 6.07) is 5.63. The van der Waals surface area contributed by atoms with Crippen LogP contribution in [0.5, 0.6) is 0 Å². The Kier molecular flexibility index (Phi) is 7.17. The maximum atomic E-state index is 13.1. The van der Waals surface area contributed by atoms with E-state index < -0.39 is 17.9 Å². The molecule has 1 aliphatic heterocycles. The molecule has 1 aliphatic carbocycles. The van der Waals surface area contributed by atoms with Gasteiger partial charge in [0.15, 0.2) is 0 Å². The van der Waals surface area contributed by atoms with E-state index in [2.05, 4.69) is 5.32 Å². The highest BCUT2D eigenvalue weighted by Crippen LogP contribution is 2.44. The molecule has 2 amide bonds. The molecule has 6 nitrogen and oxygen atoms in total. The Morgan fingerprint density at radius 1 is 1.10 bits per heavy atom. The first-order valence-corrected chi connectivity index (χ1v) is 10.8. The van der Waals surface area contributed by atoms with Crippen molar-refractivity contribution < 1.29 is 19.5 Å². The van der Waals surface area contributed by atoms with Crippen LogP contribution in [0.1, 0.15) is 68.1 Å². The zero-order chi connectivity index (χ0) is 20.9.